The summed E-state index contributed by atoms with van der Waals surface area (Å²) in [4.78, 5) is 23.8. The molecule has 1 amide bonds. The number of carbonyl (C=O) groups is 2. The number of hydrogen-bond acceptors (Lipinski definition) is 6. The SMILES string of the molecule is Cc1noc(C)c1S(=O)(=O)NC(C)C(=O)N(C)CCCC(=O)O. The van der Waals surface area contributed by atoms with Gasteiger partial charge in [-0.15, -0.1) is 0 Å². The Morgan fingerprint density at radius 3 is 2.48 bits per heavy atom. The first-order valence-corrected chi connectivity index (χ1v) is 8.46. The maximum atomic E-state index is 12.3. The summed E-state index contributed by atoms with van der Waals surface area (Å²) in [6.45, 7) is 4.61. The molecule has 0 saturated heterocycles. The van der Waals surface area contributed by atoms with E-state index in [1.807, 2.05) is 0 Å². The molecule has 1 rings (SSSR count). The number of carboxylic acid groups (broad SMARTS) is 1. The highest BCUT2D eigenvalue weighted by molar-refractivity contribution is 7.89. The Bertz CT molecular complexity index is 662. The molecule has 0 saturated carbocycles. The van der Waals surface area contributed by atoms with Crippen LogP contribution in [0.15, 0.2) is 9.42 Å². The normalized spacial score (nSPS) is 12.9. The number of aromatic nitrogens is 1. The monoisotopic (exact) mass is 347 g/mol. The van der Waals surface area contributed by atoms with E-state index in [2.05, 4.69) is 9.88 Å². The molecule has 10 heteroatoms. The van der Waals surface area contributed by atoms with Crippen LogP contribution in [-0.4, -0.2) is 55.1 Å². The lowest BCUT2D eigenvalue weighted by Crippen LogP contribution is -2.45. The van der Waals surface area contributed by atoms with E-state index in [-0.39, 0.29) is 29.3 Å². The van der Waals surface area contributed by atoms with Gasteiger partial charge in [0.25, 0.3) is 0 Å². The summed E-state index contributed by atoms with van der Waals surface area (Å²) in [6, 6.07) is -0.997. The van der Waals surface area contributed by atoms with Crippen LogP contribution in [0.2, 0.25) is 0 Å². The fraction of sp³-hybridized carbons (Fsp3) is 0.615. The third-order valence-corrected chi connectivity index (χ3v) is 4.98. The number of aliphatic carboxylic acids is 1. The topological polar surface area (TPSA) is 130 Å². The van der Waals surface area contributed by atoms with Gasteiger partial charge in [0, 0.05) is 20.0 Å². The molecule has 0 aliphatic carbocycles. The molecular formula is C13H21N3O6S. The highest BCUT2D eigenvalue weighted by Crippen LogP contribution is 2.19. The van der Waals surface area contributed by atoms with Gasteiger partial charge in [-0.25, -0.2) is 8.42 Å². The molecule has 1 heterocycles. The summed E-state index contributed by atoms with van der Waals surface area (Å²) in [6.07, 6.45) is 0.234. The van der Waals surface area contributed by atoms with E-state index in [0.29, 0.717) is 6.42 Å². The van der Waals surface area contributed by atoms with Gasteiger partial charge in [0.15, 0.2) is 5.76 Å². The molecule has 130 valence electrons. The molecule has 2 N–H and O–H groups in total. The van der Waals surface area contributed by atoms with Crippen molar-refractivity contribution in [1.82, 2.24) is 14.8 Å². The lowest BCUT2D eigenvalue weighted by atomic mass is 10.2. The van der Waals surface area contributed by atoms with Crippen LogP contribution in [0.5, 0.6) is 0 Å². The van der Waals surface area contributed by atoms with Gasteiger partial charge in [-0.3, -0.25) is 9.59 Å². The van der Waals surface area contributed by atoms with E-state index in [9.17, 15) is 18.0 Å². The average Bonchev–Trinajstić information content (AvgIpc) is 2.76. The quantitative estimate of drug-likeness (QED) is 0.691. The molecule has 1 aromatic rings. The number of rotatable bonds is 8. The smallest absolute Gasteiger partial charge is 0.303 e. The maximum Gasteiger partial charge on any atom is 0.303 e. The van der Waals surface area contributed by atoms with Crippen LogP contribution >= 0.6 is 0 Å². The molecule has 0 aliphatic rings. The van der Waals surface area contributed by atoms with Gasteiger partial charge in [-0.2, -0.15) is 4.72 Å². The van der Waals surface area contributed by atoms with Gasteiger partial charge in [0.05, 0.1) is 6.04 Å². The van der Waals surface area contributed by atoms with Crippen molar-refractivity contribution in [2.45, 2.75) is 44.6 Å². The molecule has 0 fully saturated rings. The molecule has 1 atom stereocenters. The van der Waals surface area contributed by atoms with Crippen LogP contribution in [0, 0.1) is 13.8 Å². The number of nitrogens with zero attached hydrogens (tertiary/aromatic N) is 2. The van der Waals surface area contributed by atoms with E-state index in [0.717, 1.165) is 0 Å². The van der Waals surface area contributed by atoms with Crippen LogP contribution < -0.4 is 4.72 Å². The largest absolute Gasteiger partial charge is 0.481 e. The Hall–Kier alpha value is -1.94. The summed E-state index contributed by atoms with van der Waals surface area (Å²) in [5.41, 5.74) is 0.212. The summed E-state index contributed by atoms with van der Waals surface area (Å²) >= 11 is 0. The number of carbonyl (C=O) groups excluding carboxylic acids is 1. The molecule has 23 heavy (non-hydrogen) atoms. The van der Waals surface area contributed by atoms with E-state index in [1.165, 1.54) is 32.7 Å². The van der Waals surface area contributed by atoms with Gasteiger partial charge < -0.3 is 14.5 Å². The second-order valence-corrected chi connectivity index (χ2v) is 6.90. The lowest BCUT2D eigenvalue weighted by Gasteiger charge is -2.21. The van der Waals surface area contributed by atoms with E-state index >= 15 is 0 Å². The highest BCUT2D eigenvalue weighted by atomic mass is 32.2. The first-order chi connectivity index (χ1) is 10.6. The Kier molecular flexibility index (Phi) is 6.28. The van der Waals surface area contributed by atoms with Crippen molar-refractivity contribution in [3.05, 3.63) is 11.5 Å². The predicted octanol–water partition coefficient (Wildman–Crippen LogP) is 0.281. The molecule has 1 aromatic heterocycles. The number of amides is 1. The molecule has 0 aliphatic heterocycles. The maximum absolute atomic E-state index is 12.3. The molecule has 9 nitrogen and oxygen atoms in total. The minimum atomic E-state index is -3.94. The first-order valence-electron chi connectivity index (χ1n) is 6.98. The molecule has 0 bridgehead atoms. The highest BCUT2D eigenvalue weighted by Gasteiger charge is 2.29. The van der Waals surface area contributed by atoms with Crippen molar-refractivity contribution < 1.29 is 27.6 Å². The zero-order valence-corrected chi connectivity index (χ0v) is 14.3. The van der Waals surface area contributed by atoms with E-state index < -0.39 is 27.9 Å². The van der Waals surface area contributed by atoms with Crippen LogP contribution in [-0.2, 0) is 19.6 Å². The van der Waals surface area contributed by atoms with E-state index in [1.54, 1.807) is 0 Å². The number of nitrogens with one attached hydrogen (secondary N) is 1. The van der Waals surface area contributed by atoms with Crippen molar-refractivity contribution in [3.63, 3.8) is 0 Å². The Morgan fingerprint density at radius 2 is 2.00 bits per heavy atom. The Balaban J connectivity index is 2.72. The van der Waals surface area contributed by atoms with Crippen molar-refractivity contribution in [1.29, 1.82) is 0 Å². The van der Waals surface area contributed by atoms with Crippen molar-refractivity contribution in [2.24, 2.45) is 0 Å². The Labute approximate surface area is 134 Å². The zero-order valence-electron chi connectivity index (χ0n) is 13.5. The van der Waals surface area contributed by atoms with Crippen molar-refractivity contribution in [3.8, 4) is 0 Å². The molecule has 0 spiro atoms. The fourth-order valence-electron chi connectivity index (χ4n) is 2.11. The molecule has 1 unspecified atom stereocenters. The fourth-order valence-corrected chi connectivity index (χ4v) is 3.63. The minimum absolute atomic E-state index is 0.0587. The number of likely N-dealkylation sites (N-methyl/N-ethyl adjacent to an activating group) is 1. The third-order valence-electron chi connectivity index (χ3n) is 3.20. The van der Waals surface area contributed by atoms with Gasteiger partial charge in [0.1, 0.15) is 10.6 Å². The zero-order chi connectivity index (χ0) is 17.8. The van der Waals surface area contributed by atoms with Crippen LogP contribution in [0.25, 0.3) is 0 Å². The number of carboxylic acids is 1. The van der Waals surface area contributed by atoms with Crippen molar-refractivity contribution in [2.75, 3.05) is 13.6 Å². The number of sulfonamides is 1. The second-order valence-electron chi connectivity index (χ2n) is 5.25. The molecular weight excluding hydrogens is 326 g/mol. The standard InChI is InChI=1S/C13H21N3O6S/c1-8-12(10(3)22-14-8)23(20,21)15-9(2)13(19)16(4)7-5-6-11(17)18/h9,15H,5-7H2,1-4H3,(H,17,18). The van der Waals surface area contributed by atoms with Crippen LogP contribution in [0.3, 0.4) is 0 Å². The van der Waals surface area contributed by atoms with Crippen LogP contribution in [0.4, 0.5) is 0 Å². The summed E-state index contributed by atoms with van der Waals surface area (Å²) in [5, 5.41) is 12.2. The van der Waals surface area contributed by atoms with Gasteiger partial charge >= 0.3 is 5.97 Å². The van der Waals surface area contributed by atoms with Crippen molar-refractivity contribution >= 4 is 21.9 Å². The van der Waals surface area contributed by atoms with Gasteiger partial charge in [-0.05, 0) is 27.2 Å². The predicted molar refractivity (Wildman–Crippen MR) is 80.3 cm³/mol. The van der Waals surface area contributed by atoms with Gasteiger partial charge in [0.2, 0.25) is 15.9 Å². The summed E-state index contributed by atoms with van der Waals surface area (Å²) < 4.78 is 31.7. The molecule has 0 aromatic carbocycles. The Morgan fingerprint density at radius 1 is 1.39 bits per heavy atom. The summed E-state index contributed by atoms with van der Waals surface area (Å²) in [7, 11) is -2.45. The average molecular weight is 347 g/mol. The molecule has 0 radical (unpaired) electrons. The lowest BCUT2D eigenvalue weighted by molar-refractivity contribution is -0.138. The third kappa shape index (κ3) is 5.03. The second kappa shape index (κ2) is 7.55. The van der Waals surface area contributed by atoms with Crippen LogP contribution in [0.1, 0.15) is 31.2 Å². The van der Waals surface area contributed by atoms with E-state index in [4.69, 9.17) is 9.63 Å². The number of aryl methyl sites for hydroxylation is 2. The first kappa shape index (κ1) is 19.1. The minimum Gasteiger partial charge on any atom is -0.481 e. The van der Waals surface area contributed by atoms with Gasteiger partial charge in [-0.1, -0.05) is 5.16 Å². The number of hydrogen-bond donors (Lipinski definition) is 2. The summed E-state index contributed by atoms with van der Waals surface area (Å²) in [5.74, 6) is -1.26.